The van der Waals surface area contributed by atoms with E-state index in [0.717, 1.165) is 23.4 Å². The molecule has 0 heterocycles. The molecule has 0 radical (unpaired) electrons. The van der Waals surface area contributed by atoms with Crippen molar-refractivity contribution in [1.29, 1.82) is 0 Å². The van der Waals surface area contributed by atoms with Gasteiger partial charge in [0.15, 0.2) is 0 Å². The molecule has 0 spiro atoms. The molecule has 0 unspecified atom stereocenters. The highest BCUT2D eigenvalue weighted by Gasteiger charge is 2.62. The second-order valence-corrected chi connectivity index (χ2v) is 7.72. The lowest BCUT2D eigenvalue weighted by Gasteiger charge is -2.33. The van der Waals surface area contributed by atoms with E-state index in [9.17, 15) is 18.0 Å². The zero-order chi connectivity index (χ0) is 20.4. The Bertz CT molecular complexity index is 972. The predicted molar refractivity (Wildman–Crippen MR) is 106 cm³/mol. The number of carbonyl (C=O) groups excluding carboxylic acids is 1. The van der Waals surface area contributed by atoms with Gasteiger partial charge >= 0.3 is 6.18 Å². The SMILES string of the molecule is CO[C@@](C(=O)S[C@H](C)c1ccc2ccccc2c1)(c1ccccc1)C(F)(F)F. The Morgan fingerprint density at radius 1 is 0.929 bits per heavy atom. The molecule has 0 aromatic heterocycles. The maximum absolute atomic E-state index is 14.0. The zero-order valence-electron chi connectivity index (χ0n) is 15.4. The lowest BCUT2D eigenvalue weighted by atomic mass is 9.94. The van der Waals surface area contributed by atoms with Crippen molar-refractivity contribution in [2.45, 2.75) is 24.0 Å². The van der Waals surface area contributed by atoms with Crippen molar-refractivity contribution in [2.24, 2.45) is 0 Å². The van der Waals surface area contributed by atoms with Crippen LogP contribution in [-0.4, -0.2) is 18.4 Å². The minimum absolute atomic E-state index is 0.229. The van der Waals surface area contributed by atoms with Crippen molar-refractivity contribution < 1.29 is 22.7 Å². The number of alkyl halides is 3. The quantitative estimate of drug-likeness (QED) is 0.502. The van der Waals surface area contributed by atoms with Crippen LogP contribution >= 0.6 is 11.8 Å². The number of rotatable bonds is 5. The van der Waals surface area contributed by atoms with Gasteiger partial charge in [0.2, 0.25) is 5.12 Å². The van der Waals surface area contributed by atoms with Crippen LogP contribution in [0.3, 0.4) is 0 Å². The van der Waals surface area contributed by atoms with Crippen molar-refractivity contribution in [3.63, 3.8) is 0 Å². The van der Waals surface area contributed by atoms with Crippen molar-refractivity contribution in [1.82, 2.24) is 0 Å². The second-order valence-electron chi connectivity index (χ2n) is 6.40. The number of carbonyl (C=O) groups is 1. The van der Waals surface area contributed by atoms with Gasteiger partial charge in [0.05, 0.1) is 0 Å². The molecule has 0 saturated carbocycles. The zero-order valence-corrected chi connectivity index (χ0v) is 16.2. The number of methoxy groups -OCH3 is 1. The lowest BCUT2D eigenvalue weighted by molar-refractivity contribution is -0.260. The van der Waals surface area contributed by atoms with Crippen molar-refractivity contribution >= 4 is 27.6 Å². The van der Waals surface area contributed by atoms with Gasteiger partial charge in [-0.1, -0.05) is 84.6 Å². The predicted octanol–water partition coefficient (Wildman–Crippen LogP) is 6.26. The number of hydrogen-bond acceptors (Lipinski definition) is 3. The van der Waals surface area contributed by atoms with Gasteiger partial charge in [0.1, 0.15) is 0 Å². The molecular weight excluding hydrogens is 385 g/mol. The van der Waals surface area contributed by atoms with Gasteiger partial charge in [-0.25, -0.2) is 0 Å². The molecule has 0 saturated heterocycles. The minimum Gasteiger partial charge on any atom is -0.357 e. The van der Waals surface area contributed by atoms with Crippen molar-refractivity contribution in [3.05, 3.63) is 83.9 Å². The molecule has 6 heteroatoms. The van der Waals surface area contributed by atoms with E-state index in [1.165, 1.54) is 24.3 Å². The van der Waals surface area contributed by atoms with Gasteiger partial charge < -0.3 is 4.74 Å². The van der Waals surface area contributed by atoms with Gasteiger partial charge in [0, 0.05) is 17.9 Å². The standard InChI is InChI=1S/C22H19F3O2S/c1-15(17-13-12-16-8-6-7-9-18(16)14-17)28-20(26)21(27-2,22(23,24)25)19-10-4-3-5-11-19/h3-15H,1-2H3/t15-,21-/m1/s1. The number of hydrogen-bond donors (Lipinski definition) is 0. The summed E-state index contributed by atoms with van der Waals surface area (Å²) in [5.41, 5.74) is -2.46. The van der Waals surface area contributed by atoms with Crippen LogP contribution in [0.1, 0.15) is 23.3 Å². The smallest absolute Gasteiger partial charge is 0.357 e. The van der Waals surface area contributed by atoms with E-state index in [0.29, 0.717) is 11.8 Å². The molecule has 3 aromatic rings. The maximum Gasteiger partial charge on any atom is 0.429 e. The van der Waals surface area contributed by atoms with E-state index in [4.69, 9.17) is 4.74 Å². The van der Waals surface area contributed by atoms with E-state index in [-0.39, 0.29) is 5.56 Å². The monoisotopic (exact) mass is 404 g/mol. The van der Waals surface area contributed by atoms with Crippen LogP contribution in [0.4, 0.5) is 13.2 Å². The van der Waals surface area contributed by atoms with Crippen LogP contribution < -0.4 is 0 Å². The molecule has 0 aliphatic rings. The number of fused-ring (bicyclic) bond motifs is 1. The first-order chi connectivity index (χ1) is 13.3. The molecular formula is C22H19F3O2S. The molecule has 146 valence electrons. The van der Waals surface area contributed by atoms with E-state index in [1.54, 1.807) is 13.0 Å². The Morgan fingerprint density at radius 2 is 1.54 bits per heavy atom. The first-order valence-electron chi connectivity index (χ1n) is 8.67. The van der Waals surface area contributed by atoms with Crippen LogP contribution in [0.15, 0.2) is 72.8 Å². The molecule has 0 bridgehead atoms. The number of ether oxygens (including phenoxy) is 1. The second kappa shape index (κ2) is 7.97. The summed E-state index contributed by atoms with van der Waals surface area (Å²) in [6.45, 7) is 1.72. The largest absolute Gasteiger partial charge is 0.429 e. The Hall–Kier alpha value is -2.31. The van der Waals surface area contributed by atoms with Crippen LogP contribution in [0, 0.1) is 0 Å². The fraction of sp³-hybridized carbons (Fsp3) is 0.227. The van der Waals surface area contributed by atoms with Gasteiger partial charge in [-0.2, -0.15) is 13.2 Å². The summed E-state index contributed by atoms with van der Waals surface area (Å²) in [6, 6.07) is 20.3. The Balaban J connectivity index is 1.95. The Morgan fingerprint density at radius 3 is 2.14 bits per heavy atom. The summed E-state index contributed by atoms with van der Waals surface area (Å²) in [5.74, 6) is 0. The summed E-state index contributed by atoms with van der Waals surface area (Å²) in [6.07, 6.45) is -4.89. The molecule has 0 aliphatic heterocycles. The molecule has 2 atom stereocenters. The third-order valence-electron chi connectivity index (χ3n) is 4.70. The van der Waals surface area contributed by atoms with Gasteiger partial charge in [-0.05, 0) is 23.3 Å². The highest BCUT2D eigenvalue weighted by Crippen LogP contribution is 2.47. The topological polar surface area (TPSA) is 26.3 Å². The molecule has 0 N–H and O–H groups in total. The molecule has 28 heavy (non-hydrogen) atoms. The third-order valence-corrected chi connectivity index (χ3v) is 5.83. The molecule has 0 aliphatic carbocycles. The Kier molecular flexibility index (Phi) is 5.82. The average molecular weight is 404 g/mol. The van der Waals surface area contributed by atoms with Gasteiger partial charge in [-0.15, -0.1) is 0 Å². The van der Waals surface area contributed by atoms with Crippen LogP contribution in [0.5, 0.6) is 0 Å². The normalized spacial score (nSPS) is 15.2. The van der Waals surface area contributed by atoms with E-state index in [1.807, 2.05) is 42.5 Å². The third kappa shape index (κ3) is 3.66. The highest BCUT2D eigenvalue weighted by molar-refractivity contribution is 8.14. The molecule has 2 nitrogen and oxygen atoms in total. The van der Waals surface area contributed by atoms with Crippen molar-refractivity contribution in [3.8, 4) is 0 Å². The number of halogens is 3. The fourth-order valence-corrected chi connectivity index (χ4v) is 4.25. The fourth-order valence-electron chi connectivity index (χ4n) is 3.16. The maximum atomic E-state index is 14.0. The van der Waals surface area contributed by atoms with Crippen molar-refractivity contribution in [2.75, 3.05) is 7.11 Å². The number of benzene rings is 3. The van der Waals surface area contributed by atoms with E-state index >= 15 is 0 Å². The average Bonchev–Trinajstić information content (AvgIpc) is 2.68. The Labute approximate surface area is 165 Å². The minimum atomic E-state index is -4.89. The van der Waals surface area contributed by atoms with Gasteiger partial charge in [0.25, 0.3) is 5.60 Å². The molecule has 3 rings (SSSR count). The first-order valence-corrected chi connectivity index (χ1v) is 9.55. The van der Waals surface area contributed by atoms with Crippen LogP contribution in [0.2, 0.25) is 0 Å². The van der Waals surface area contributed by atoms with E-state index in [2.05, 4.69) is 0 Å². The molecule has 0 amide bonds. The summed E-state index contributed by atoms with van der Waals surface area (Å²) in [7, 11) is 0.916. The summed E-state index contributed by atoms with van der Waals surface area (Å²) < 4.78 is 46.9. The van der Waals surface area contributed by atoms with Crippen LogP contribution in [-0.2, 0) is 15.1 Å². The molecule has 0 fully saturated rings. The summed E-state index contributed by atoms with van der Waals surface area (Å²) in [4.78, 5) is 12.9. The van der Waals surface area contributed by atoms with E-state index < -0.39 is 22.1 Å². The van der Waals surface area contributed by atoms with Gasteiger partial charge in [-0.3, -0.25) is 4.79 Å². The molecule has 3 aromatic carbocycles. The number of thioether (sulfide) groups is 1. The summed E-state index contributed by atoms with van der Waals surface area (Å²) in [5, 5.41) is 0.435. The first kappa shape index (κ1) is 20.4. The highest BCUT2D eigenvalue weighted by atomic mass is 32.2. The summed E-state index contributed by atoms with van der Waals surface area (Å²) >= 11 is 0.631. The lowest BCUT2D eigenvalue weighted by Crippen LogP contribution is -2.49. The van der Waals surface area contributed by atoms with Crippen LogP contribution in [0.25, 0.3) is 10.8 Å².